The van der Waals surface area contributed by atoms with Crippen LogP contribution in [0.4, 0.5) is 0 Å². The molecule has 0 aliphatic carbocycles. The SMILES string of the molecule is CO[C@H]1SC[C@H](O)[C@H](O)[C@H]1O. The van der Waals surface area contributed by atoms with Crippen molar-refractivity contribution in [2.24, 2.45) is 0 Å². The second kappa shape index (κ2) is 3.73. The summed E-state index contributed by atoms with van der Waals surface area (Å²) < 4.78 is 4.86. The summed E-state index contributed by atoms with van der Waals surface area (Å²) in [4.78, 5) is 0. The fourth-order valence-electron chi connectivity index (χ4n) is 0.987. The van der Waals surface area contributed by atoms with Gasteiger partial charge in [0.25, 0.3) is 0 Å². The van der Waals surface area contributed by atoms with Gasteiger partial charge in [0, 0.05) is 12.9 Å². The van der Waals surface area contributed by atoms with Crippen LogP contribution in [0.5, 0.6) is 0 Å². The normalized spacial score (nSPS) is 45.8. The van der Waals surface area contributed by atoms with E-state index in [-0.39, 0.29) is 0 Å². The van der Waals surface area contributed by atoms with Crippen LogP contribution < -0.4 is 0 Å². The molecule has 0 radical (unpaired) electrons. The van der Waals surface area contributed by atoms with Crippen molar-refractivity contribution < 1.29 is 20.1 Å². The van der Waals surface area contributed by atoms with Crippen LogP contribution in [0.3, 0.4) is 0 Å². The Morgan fingerprint density at radius 2 is 1.91 bits per heavy atom. The third-order valence-corrected chi connectivity index (χ3v) is 3.02. The zero-order valence-corrected chi connectivity index (χ0v) is 6.99. The predicted octanol–water partition coefficient (Wildman–Crippen LogP) is -1.21. The van der Waals surface area contributed by atoms with Crippen molar-refractivity contribution in [2.75, 3.05) is 12.9 Å². The first-order valence-corrected chi connectivity index (χ1v) is 4.40. The molecule has 1 aliphatic rings. The Bertz CT molecular complexity index is 130. The lowest BCUT2D eigenvalue weighted by Crippen LogP contribution is -2.49. The Labute approximate surface area is 69.2 Å². The maximum absolute atomic E-state index is 9.25. The molecule has 0 unspecified atom stereocenters. The highest BCUT2D eigenvalue weighted by Gasteiger charge is 2.36. The lowest BCUT2D eigenvalue weighted by Gasteiger charge is -2.33. The van der Waals surface area contributed by atoms with Gasteiger partial charge in [-0.3, -0.25) is 0 Å². The minimum Gasteiger partial charge on any atom is -0.389 e. The molecule has 0 aromatic heterocycles. The molecule has 1 fully saturated rings. The van der Waals surface area contributed by atoms with E-state index < -0.39 is 23.7 Å². The van der Waals surface area contributed by atoms with E-state index in [1.165, 1.54) is 18.9 Å². The Morgan fingerprint density at radius 1 is 1.27 bits per heavy atom. The highest BCUT2D eigenvalue weighted by Crippen LogP contribution is 2.26. The quantitative estimate of drug-likeness (QED) is 0.472. The van der Waals surface area contributed by atoms with Gasteiger partial charge in [0.1, 0.15) is 17.6 Å². The van der Waals surface area contributed by atoms with Crippen LogP contribution in [-0.4, -0.2) is 51.9 Å². The molecule has 1 aliphatic heterocycles. The number of rotatable bonds is 1. The van der Waals surface area contributed by atoms with Crippen molar-refractivity contribution >= 4 is 11.8 Å². The number of aliphatic hydroxyl groups is 3. The Balaban J connectivity index is 2.52. The first-order valence-electron chi connectivity index (χ1n) is 3.35. The smallest absolute Gasteiger partial charge is 0.131 e. The molecule has 66 valence electrons. The van der Waals surface area contributed by atoms with Gasteiger partial charge in [-0.1, -0.05) is 0 Å². The number of thioether (sulfide) groups is 1. The number of aliphatic hydroxyl groups excluding tert-OH is 3. The summed E-state index contributed by atoms with van der Waals surface area (Å²) >= 11 is 1.30. The minimum atomic E-state index is -1.08. The Morgan fingerprint density at radius 3 is 2.45 bits per heavy atom. The summed E-state index contributed by atoms with van der Waals surface area (Å²) in [5.41, 5.74) is -0.423. The maximum Gasteiger partial charge on any atom is 0.131 e. The number of methoxy groups -OCH3 is 1. The van der Waals surface area contributed by atoms with Crippen LogP contribution in [0, 0.1) is 0 Å². The van der Waals surface area contributed by atoms with Crippen molar-refractivity contribution in [3.05, 3.63) is 0 Å². The van der Waals surface area contributed by atoms with Gasteiger partial charge in [-0.25, -0.2) is 0 Å². The number of hydrogen-bond donors (Lipinski definition) is 3. The van der Waals surface area contributed by atoms with Crippen molar-refractivity contribution in [3.63, 3.8) is 0 Å². The molecule has 3 N–H and O–H groups in total. The summed E-state index contributed by atoms with van der Waals surface area (Å²) in [5, 5.41) is 27.5. The van der Waals surface area contributed by atoms with Gasteiger partial charge in [-0.05, 0) is 0 Å². The monoisotopic (exact) mass is 180 g/mol. The predicted molar refractivity (Wildman–Crippen MR) is 41.3 cm³/mol. The largest absolute Gasteiger partial charge is 0.389 e. The van der Waals surface area contributed by atoms with E-state index in [1.807, 2.05) is 0 Å². The Kier molecular flexibility index (Phi) is 3.15. The molecule has 0 saturated carbocycles. The van der Waals surface area contributed by atoms with E-state index in [9.17, 15) is 5.11 Å². The molecule has 4 atom stereocenters. The van der Waals surface area contributed by atoms with Gasteiger partial charge in [0.15, 0.2) is 0 Å². The van der Waals surface area contributed by atoms with Gasteiger partial charge < -0.3 is 20.1 Å². The zero-order chi connectivity index (χ0) is 8.43. The molecule has 0 spiro atoms. The van der Waals surface area contributed by atoms with Gasteiger partial charge in [-0.15, -0.1) is 11.8 Å². The van der Waals surface area contributed by atoms with Crippen LogP contribution in [-0.2, 0) is 4.74 Å². The molecule has 0 amide bonds. The third kappa shape index (κ3) is 1.86. The topological polar surface area (TPSA) is 69.9 Å². The molecule has 11 heavy (non-hydrogen) atoms. The van der Waals surface area contributed by atoms with Crippen molar-refractivity contribution in [1.29, 1.82) is 0 Å². The summed E-state index contributed by atoms with van der Waals surface area (Å²) in [6, 6.07) is 0. The molecule has 1 heterocycles. The first-order chi connectivity index (χ1) is 5.16. The average Bonchev–Trinajstić information content (AvgIpc) is 2.01. The van der Waals surface area contributed by atoms with E-state index >= 15 is 0 Å². The summed E-state index contributed by atoms with van der Waals surface area (Å²) in [7, 11) is 1.46. The molecular weight excluding hydrogens is 168 g/mol. The number of ether oxygens (including phenoxy) is 1. The van der Waals surface area contributed by atoms with E-state index in [1.54, 1.807) is 0 Å². The van der Waals surface area contributed by atoms with Gasteiger partial charge in [0.2, 0.25) is 0 Å². The zero-order valence-electron chi connectivity index (χ0n) is 6.17. The molecule has 5 heteroatoms. The van der Waals surface area contributed by atoms with E-state index in [0.717, 1.165) is 0 Å². The van der Waals surface area contributed by atoms with E-state index in [0.29, 0.717) is 5.75 Å². The van der Waals surface area contributed by atoms with Gasteiger partial charge in [-0.2, -0.15) is 0 Å². The number of hydrogen-bond acceptors (Lipinski definition) is 5. The second-order valence-electron chi connectivity index (χ2n) is 2.49. The van der Waals surface area contributed by atoms with Crippen LogP contribution in [0.2, 0.25) is 0 Å². The highest BCUT2D eigenvalue weighted by molar-refractivity contribution is 7.99. The molecule has 4 nitrogen and oxygen atoms in total. The molecular formula is C6H12O4S. The van der Waals surface area contributed by atoms with Crippen molar-refractivity contribution in [1.82, 2.24) is 0 Å². The standard InChI is InChI=1S/C6H12O4S/c1-10-6-5(9)4(8)3(7)2-11-6/h3-9H,2H2,1H3/t3-,4-,5+,6-/m0/s1. The lowest BCUT2D eigenvalue weighted by atomic mass is 10.1. The van der Waals surface area contributed by atoms with Crippen molar-refractivity contribution in [2.45, 2.75) is 23.7 Å². The third-order valence-electron chi connectivity index (χ3n) is 1.69. The molecule has 0 aromatic rings. The lowest BCUT2D eigenvalue weighted by molar-refractivity contribution is -0.0911. The average molecular weight is 180 g/mol. The second-order valence-corrected chi connectivity index (χ2v) is 3.62. The van der Waals surface area contributed by atoms with Crippen LogP contribution in [0.25, 0.3) is 0 Å². The molecule has 0 bridgehead atoms. The van der Waals surface area contributed by atoms with Gasteiger partial charge >= 0.3 is 0 Å². The van der Waals surface area contributed by atoms with Crippen molar-refractivity contribution in [3.8, 4) is 0 Å². The summed E-state index contributed by atoms with van der Waals surface area (Å²) in [6.07, 6.45) is -2.92. The molecule has 0 aromatic carbocycles. The van der Waals surface area contributed by atoms with E-state index in [2.05, 4.69) is 0 Å². The summed E-state index contributed by atoms with van der Waals surface area (Å²) in [5.74, 6) is 0.400. The fourth-order valence-corrected chi connectivity index (χ4v) is 2.06. The molecule has 1 rings (SSSR count). The first kappa shape index (κ1) is 9.28. The van der Waals surface area contributed by atoms with E-state index in [4.69, 9.17) is 14.9 Å². The summed E-state index contributed by atoms with van der Waals surface area (Å²) in [6.45, 7) is 0. The fraction of sp³-hybridized carbons (Fsp3) is 1.00. The van der Waals surface area contributed by atoms with Crippen LogP contribution in [0.1, 0.15) is 0 Å². The van der Waals surface area contributed by atoms with Crippen LogP contribution >= 0.6 is 11.8 Å². The highest BCUT2D eigenvalue weighted by atomic mass is 32.2. The minimum absolute atomic E-state index is 0.400. The molecule has 1 saturated heterocycles. The van der Waals surface area contributed by atoms with Crippen LogP contribution in [0.15, 0.2) is 0 Å². The van der Waals surface area contributed by atoms with Gasteiger partial charge in [0.05, 0.1) is 6.10 Å². The maximum atomic E-state index is 9.25. The Hall–Kier alpha value is 0.190.